The summed E-state index contributed by atoms with van der Waals surface area (Å²) in [5.74, 6) is -0.268. The zero-order valence-corrected chi connectivity index (χ0v) is 6.73. The van der Waals surface area contributed by atoms with Crippen LogP contribution < -0.4 is 5.73 Å². The highest BCUT2D eigenvalue weighted by atomic mass is 16.1. The Morgan fingerprint density at radius 1 is 1.67 bits per heavy atom. The molecule has 0 atom stereocenters. The number of carbonyl (C=O) groups is 1. The molecule has 12 heavy (non-hydrogen) atoms. The zero-order valence-electron chi connectivity index (χ0n) is 6.73. The summed E-state index contributed by atoms with van der Waals surface area (Å²) in [5, 5.41) is 0. The second-order valence-corrected chi connectivity index (χ2v) is 2.50. The van der Waals surface area contributed by atoms with Crippen LogP contribution >= 0.6 is 0 Å². The number of pyridine rings is 1. The van der Waals surface area contributed by atoms with Gasteiger partial charge in [-0.3, -0.25) is 9.78 Å². The van der Waals surface area contributed by atoms with Crippen LogP contribution in [0.3, 0.4) is 0 Å². The van der Waals surface area contributed by atoms with E-state index in [0.29, 0.717) is 12.8 Å². The van der Waals surface area contributed by atoms with Gasteiger partial charge in [-0.2, -0.15) is 0 Å². The third-order valence-corrected chi connectivity index (χ3v) is 1.46. The summed E-state index contributed by atoms with van der Waals surface area (Å²) in [6.07, 6.45) is 6.49. The fourth-order valence-electron chi connectivity index (χ4n) is 0.878. The van der Waals surface area contributed by atoms with Crippen LogP contribution in [0.25, 0.3) is 0 Å². The highest BCUT2D eigenvalue weighted by molar-refractivity contribution is 5.73. The number of rotatable bonds is 4. The lowest BCUT2D eigenvalue weighted by atomic mass is 10.1. The lowest BCUT2D eigenvalue weighted by molar-refractivity contribution is -0.117. The van der Waals surface area contributed by atoms with Gasteiger partial charge in [0.1, 0.15) is 0 Å². The molecule has 1 aromatic heterocycles. The van der Waals surface area contributed by atoms with E-state index in [1.54, 1.807) is 12.4 Å². The average molecular weight is 163 g/mol. The zero-order chi connectivity index (χ0) is 8.81. The van der Waals surface area contributed by atoms with Gasteiger partial charge >= 0.3 is 0 Å². The maximum Gasteiger partial charge on any atom is 0.217 e. The van der Waals surface area contributed by atoms with Crippen molar-refractivity contribution in [2.75, 3.05) is 0 Å². The van der Waals surface area contributed by atoms with Gasteiger partial charge < -0.3 is 5.73 Å². The molecule has 0 bridgehead atoms. The Morgan fingerprint density at radius 2 is 2.50 bits per heavy atom. The van der Waals surface area contributed by atoms with E-state index in [1.165, 1.54) is 0 Å². The molecule has 0 unspecified atom stereocenters. The van der Waals surface area contributed by atoms with E-state index in [2.05, 4.69) is 4.98 Å². The SMILES string of the molecule is NC(=O)CC[CH]c1cccnc1. The molecule has 1 aromatic rings. The van der Waals surface area contributed by atoms with Crippen LogP contribution in [-0.2, 0) is 4.79 Å². The maximum absolute atomic E-state index is 10.4. The molecule has 0 aliphatic rings. The van der Waals surface area contributed by atoms with E-state index in [9.17, 15) is 4.79 Å². The van der Waals surface area contributed by atoms with Crippen molar-refractivity contribution in [3.05, 3.63) is 36.5 Å². The summed E-state index contributed by atoms with van der Waals surface area (Å²) in [4.78, 5) is 14.3. The third-order valence-electron chi connectivity index (χ3n) is 1.46. The molecule has 63 valence electrons. The normalized spacial score (nSPS) is 9.67. The first-order valence-electron chi connectivity index (χ1n) is 3.80. The fraction of sp³-hybridized carbons (Fsp3) is 0.222. The van der Waals surface area contributed by atoms with Crippen LogP contribution in [0.4, 0.5) is 0 Å². The van der Waals surface area contributed by atoms with Crippen molar-refractivity contribution in [3.8, 4) is 0 Å². The summed E-state index contributed by atoms with van der Waals surface area (Å²) < 4.78 is 0. The van der Waals surface area contributed by atoms with Gasteiger partial charge in [0.2, 0.25) is 5.91 Å². The quantitative estimate of drug-likeness (QED) is 0.716. The van der Waals surface area contributed by atoms with E-state index in [4.69, 9.17) is 5.73 Å². The monoisotopic (exact) mass is 163 g/mol. The number of primary amides is 1. The Labute approximate surface area is 71.6 Å². The number of hydrogen-bond donors (Lipinski definition) is 1. The van der Waals surface area contributed by atoms with Crippen LogP contribution in [0.1, 0.15) is 18.4 Å². The van der Waals surface area contributed by atoms with E-state index in [0.717, 1.165) is 5.56 Å². The van der Waals surface area contributed by atoms with Gasteiger partial charge in [0.25, 0.3) is 0 Å². The molecule has 3 nitrogen and oxygen atoms in total. The number of nitrogens with zero attached hydrogens (tertiary/aromatic N) is 1. The minimum absolute atomic E-state index is 0.268. The highest BCUT2D eigenvalue weighted by Gasteiger charge is 1.95. The molecular formula is C9H11N2O. The van der Waals surface area contributed by atoms with Gasteiger partial charge in [-0.05, 0) is 24.5 Å². The van der Waals surface area contributed by atoms with Gasteiger partial charge in [0.05, 0.1) is 0 Å². The third kappa shape index (κ3) is 3.14. The number of nitrogens with two attached hydrogens (primary N) is 1. The van der Waals surface area contributed by atoms with E-state index in [1.807, 2.05) is 18.6 Å². The van der Waals surface area contributed by atoms with Crippen molar-refractivity contribution >= 4 is 5.91 Å². The van der Waals surface area contributed by atoms with E-state index >= 15 is 0 Å². The van der Waals surface area contributed by atoms with Crippen LogP contribution in [0, 0.1) is 6.42 Å². The average Bonchev–Trinajstić information content (AvgIpc) is 2.05. The van der Waals surface area contributed by atoms with E-state index < -0.39 is 0 Å². The number of hydrogen-bond acceptors (Lipinski definition) is 2. The molecule has 0 aromatic carbocycles. The van der Waals surface area contributed by atoms with Gasteiger partial charge in [0, 0.05) is 18.8 Å². The second-order valence-electron chi connectivity index (χ2n) is 2.50. The molecule has 0 saturated carbocycles. The first kappa shape index (κ1) is 8.71. The maximum atomic E-state index is 10.4. The fourth-order valence-corrected chi connectivity index (χ4v) is 0.878. The molecular weight excluding hydrogens is 152 g/mol. The van der Waals surface area contributed by atoms with Crippen molar-refractivity contribution in [1.82, 2.24) is 4.98 Å². The summed E-state index contributed by atoms with van der Waals surface area (Å²) >= 11 is 0. The predicted molar refractivity (Wildman–Crippen MR) is 46.1 cm³/mol. The Morgan fingerprint density at radius 3 is 3.08 bits per heavy atom. The Balaban J connectivity index is 2.29. The molecule has 0 aliphatic carbocycles. The summed E-state index contributed by atoms with van der Waals surface area (Å²) in [7, 11) is 0. The first-order chi connectivity index (χ1) is 5.79. The molecule has 1 heterocycles. The van der Waals surface area contributed by atoms with E-state index in [-0.39, 0.29) is 5.91 Å². The van der Waals surface area contributed by atoms with Crippen LogP contribution in [0.2, 0.25) is 0 Å². The molecule has 0 aliphatic heterocycles. The van der Waals surface area contributed by atoms with Crippen LogP contribution in [-0.4, -0.2) is 10.9 Å². The predicted octanol–water partition coefficient (Wildman–Crippen LogP) is 0.899. The minimum atomic E-state index is -0.268. The molecule has 2 N–H and O–H groups in total. The van der Waals surface area contributed by atoms with Gasteiger partial charge in [0.15, 0.2) is 0 Å². The largest absolute Gasteiger partial charge is 0.370 e. The standard InChI is InChI=1S/C9H11N2O/c10-9(12)5-1-3-8-4-2-6-11-7-8/h2-4,6-7H,1,5H2,(H2,10,12). The van der Waals surface area contributed by atoms with Crippen molar-refractivity contribution in [2.24, 2.45) is 5.73 Å². The lowest BCUT2D eigenvalue weighted by Crippen LogP contribution is -2.09. The van der Waals surface area contributed by atoms with Gasteiger partial charge in [-0.25, -0.2) is 0 Å². The summed E-state index contributed by atoms with van der Waals surface area (Å²) in [5.41, 5.74) is 6.01. The number of amides is 1. The van der Waals surface area contributed by atoms with Crippen molar-refractivity contribution in [3.63, 3.8) is 0 Å². The number of aromatic nitrogens is 1. The van der Waals surface area contributed by atoms with Gasteiger partial charge in [-0.1, -0.05) is 6.07 Å². The molecule has 1 amide bonds. The van der Waals surface area contributed by atoms with Crippen LogP contribution in [0.5, 0.6) is 0 Å². The summed E-state index contributed by atoms with van der Waals surface area (Å²) in [6, 6.07) is 3.80. The van der Waals surface area contributed by atoms with Gasteiger partial charge in [-0.15, -0.1) is 0 Å². The molecule has 1 rings (SSSR count). The highest BCUT2D eigenvalue weighted by Crippen LogP contribution is 2.04. The first-order valence-corrected chi connectivity index (χ1v) is 3.80. The minimum Gasteiger partial charge on any atom is -0.370 e. The Bertz CT molecular complexity index is 246. The lowest BCUT2D eigenvalue weighted by Gasteiger charge is -1.96. The molecule has 0 saturated heterocycles. The molecule has 0 fully saturated rings. The van der Waals surface area contributed by atoms with Crippen molar-refractivity contribution in [2.45, 2.75) is 12.8 Å². The Kier molecular flexibility index (Phi) is 3.26. The number of carbonyl (C=O) groups excluding carboxylic acids is 1. The Hall–Kier alpha value is -1.38. The molecule has 0 spiro atoms. The topological polar surface area (TPSA) is 56.0 Å². The smallest absolute Gasteiger partial charge is 0.217 e. The second kappa shape index (κ2) is 4.49. The van der Waals surface area contributed by atoms with Crippen LogP contribution in [0.15, 0.2) is 24.5 Å². The van der Waals surface area contributed by atoms with Crippen molar-refractivity contribution < 1.29 is 4.79 Å². The molecule has 1 radical (unpaired) electrons. The molecule has 3 heteroatoms. The summed E-state index contributed by atoms with van der Waals surface area (Å²) in [6.45, 7) is 0. The van der Waals surface area contributed by atoms with Crippen molar-refractivity contribution in [1.29, 1.82) is 0 Å².